The first-order valence-electron chi connectivity index (χ1n) is 8.28. The number of aliphatic hydroxyl groups is 3. The predicted molar refractivity (Wildman–Crippen MR) is 96.6 cm³/mol. The first-order valence-corrected chi connectivity index (χ1v) is 8.66. The summed E-state index contributed by atoms with van der Waals surface area (Å²) in [5.74, 6) is -6.26. The molecule has 144 valence electrons. The average molecular weight is 404 g/mol. The molecule has 4 rings (SSSR count). The van der Waals surface area contributed by atoms with E-state index in [1.165, 1.54) is 18.2 Å². The fourth-order valence-electron chi connectivity index (χ4n) is 4.12. The highest BCUT2D eigenvalue weighted by molar-refractivity contribution is 6.34. The van der Waals surface area contributed by atoms with Crippen LogP contribution in [-0.4, -0.2) is 43.5 Å². The van der Waals surface area contributed by atoms with Crippen molar-refractivity contribution in [2.24, 2.45) is 11.7 Å². The number of ketones is 2. The largest absolute Gasteiger partial charge is 0.511 e. The number of aliphatic hydroxyl groups excluding tert-OH is 2. The van der Waals surface area contributed by atoms with Crippen LogP contribution in [0.25, 0.3) is 6.08 Å². The molecule has 1 aromatic carbocycles. The van der Waals surface area contributed by atoms with E-state index in [9.17, 15) is 34.8 Å². The number of primary amides is 1. The summed E-state index contributed by atoms with van der Waals surface area (Å²) in [6.45, 7) is 0. The molecule has 0 aromatic heterocycles. The second kappa shape index (κ2) is 5.70. The number of Topliss-reactive ketones (excluding diaryl/α,β-unsaturated/α-hetero) is 2. The van der Waals surface area contributed by atoms with Crippen LogP contribution in [0.15, 0.2) is 40.4 Å². The molecule has 3 aliphatic rings. The Morgan fingerprint density at radius 1 is 1.18 bits per heavy atom. The summed E-state index contributed by atoms with van der Waals surface area (Å²) in [6, 6.07) is 2.62. The van der Waals surface area contributed by atoms with Crippen molar-refractivity contribution in [2.75, 3.05) is 0 Å². The van der Waals surface area contributed by atoms with Gasteiger partial charge < -0.3 is 26.2 Å². The van der Waals surface area contributed by atoms with Crippen molar-refractivity contribution in [3.05, 3.63) is 56.5 Å². The lowest BCUT2D eigenvalue weighted by atomic mass is 9.63. The summed E-state index contributed by atoms with van der Waals surface area (Å²) in [7, 11) is 0. The van der Waals surface area contributed by atoms with Gasteiger partial charge in [-0.05, 0) is 30.2 Å². The number of hydrogen-bond donors (Lipinski definition) is 5. The van der Waals surface area contributed by atoms with Crippen LogP contribution in [0, 0.1) is 5.92 Å². The van der Waals surface area contributed by atoms with Gasteiger partial charge in [-0.3, -0.25) is 14.4 Å². The fourth-order valence-corrected chi connectivity index (χ4v) is 4.33. The van der Waals surface area contributed by atoms with E-state index in [0.717, 1.165) is 0 Å². The number of fused-ring (bicyclic) bond motifs is 3. The summed E-state index contributed by atoms with van der Waals surface area (Å²) < 4.78 is 0. The standard InChI is InChI=1S/C19H14ClNO7/c20-9-1-2-10(22)13-8(9)4-6-3-7-5-11(23)14(18(21)27)17(26)19(7,28)16(25)12(6)15(13)24/h1-2,4,7,22-23,25,28H,3,5H2,(H2,21,27)/t7-,19-/m0/s1. The molecule has 0 saturated carbocycles. The Hall–Kier alpha value is -3.10. The molecule has 1 aromatic rings. The Labute approximate surface area is 162 Å². The Kier molecular flexibility index (Phi) is 3.72. The molecule has 1 amide bonds. The maximum Gasteiger partial charge on any atom is 0.255 e. The lowest BCUT2D eigenvalue weighted by Gasteiger charge is -2.43. The number of carbonyl (C=O) groups is 3. The first-order chi connectivity index (χ1) is 13.1. The first kappa shape index (κ1) is 18.3. The molecule has 0 bridgehead atoms. The van der Waals surface area contributed by atoms with Crippen molar-refractivity contribution in [2.45, 2.75) is 18.4 Å². The summed E-state index contributed by atoms with van der Waals surface area (Å²) in [6.07, 6.45) is 1.12. The van der Waals surface area contributed by atoms with Crippen LogP contribution in [0.1, 0.15) is 28.8 Å². The van der Waals surface area contributed by atoms with Gasteiger partial charge in [0.2, 0.25) is 11.6 Å². The molecule has 0 saturated heterocycles. The minimum Gasteiger partial charge on any atom is -0.511 e. The van der Waals surface area contributed by atoms with Gasteiger partial charge in [-0.2, -0.15) is 0 Å². The van der Waals surface area contributed by atoms with Gasteiger partial charge in [0, 0.05) is 22.9 Å². The number of carbonyl (C=O) groups excluding carboxylic acids is 3. The maximum atomic E-state index is 13.0. The zero-order valence-corrected chi connectivity index (χ0v) is 14.9. The fraction of sp³-hybridized carbons (Fsp3) is 0.211. The van der Waals surface area contributed by atoms with Gasteiger partial charge in [-0.1, -0.05) is 11.6 Å². The van der Waals surface area contributed by atoms with Gasteiger partial charge >= 0.3 is 0 Å². The lowest BCUT2D eigenvalue weighted by Crippen LogP contribution is -2.55. The van der Waals surface area contributed by atoms with E-state index in [1.807, 2.05) is 0 Å². The van der Waals surface area contributed by atoms with Crippen LogP contribution < -0.4 is 5.73 Å². The van der Waals surface area contributed by atoms with Crippen molar-refractivity contribution >= 4 is 35.2 Å². The number of phenolic OH excluding ortho intramolecular Hbond substituents is 1. The highest BCUT2D eigenvalue weighted by atomic mass is 35.5. The van der Waals surface area contributed by atoms with Crippen LogP contribution >= 0.6 is 11.6 Å². The van der Waals surface area contributed by atoms with Crippen molar-refractivity contribution < 1.29 is 34.8 Å². The third kappa shape index (κ3) is 2.12. The van der Waals surface area contributed by atoms with Crippen LogP contribution in [0.4, 0.5) is 0 Å². The number of phenols is 1. The molecule has 0 unspecified atom stereocenters. The lowest BCUT2D eigenvalue weighted by molar-refractivity contribution is -0.142. The number of halogens is 1. The number of amides is 1. The van der Waals surface area contributed by atoms with Crippen molar-refractivity contribution in [3.63, 3.8) is 0 Å². The zero-order chi connectivity index (χ0) is 20.5. The quantitative estimate of drug-likeness (QED) is 0.444. The topological polar surface area (TPSA) is 158 Å². The minimum absolute atomic E-state index is 0.0606. The van der Waals surface area contributed by atoms with Crippen molar-refractivity contribution in [1.29, 1.82) is 0 Å². The molecule has 0 aliphatic heterocycles. The molecule has 28 heavy (non-hydrogen) atoms. The molecular formula is C19H14ClNO7. The molecule has 6 N–H and O–H groups in total. The van der Waals surface area contributed by atoms with Gasteiger partial charge in [0.05, 0.1) is 11.1 Å². The van der Waals surface area contributed by atoms with Crippen molar-refractivity contribution in [3.8, 4) is 5.75 Å². The van der Waals surface area contributed by atoms with Crippen LogP contribution in [0.5, 0.6) is 5.75 Å². The predicted octanol–water partition coefficient (Wildman–Crippen LogP) is 1.46. The molecule has 2 atom stereocenters. The monoisotopic (exact) mass is 403 g/mol. The second-order valence-electron chi connectivity index (χ2n) is 6.96. The van der Waals surface area contributed by atoms with E-state index in [4.69, 9.17) is 17.3 Å². The Morgan fingerprint density at radius 3 is 2.50 bits per heavy atom. The third-order valence-electron chi connectivity index (χ3n) is 5.47. The minimum atomic E-state index is -2.59. The third-order valence-corrected chi connectivity index (χ3v) is 5.80. The Balaban J connectivity index is 1.98. The SMILES string of the molecule is NC(=O)C1=C(O)C[C@@H]2CC3=Cc4c(Cl)ccc(O)c4C(=O)C3=C(O)[C@]2(O)C1=O. The highest BCUT2D eigenvalue weighted by Crippen LogP contribution is 2.51. The molecular weight excluding hydrogens is 390 g/mol. The summed E-state index contributed by atoms with van der Waals surface area (Å²) in [5.41, 5.74) is 1.75. The normalized spacial score (nSPS) is 26.5. The van der Waals surface area contributed by atoms with Gasteiger partial charge in [0.25, 0.3) is 5.91 Å². The highest BCUT2D eigenvalue weighted by Gasteiger charge is 2.58. The van der Waals surface area contributed by atoms with Gasteiger partial charge in [0.15, 0.2) is 5.60 Å². The summed E-state index contributed by atoms with van der Waals surface area (Å²) in [4.78, 5) is 37.3. The molecule has 0 spiro atoms. The van der Waals surface area contributed by atoms with Crippen LogP contribution in [-0.2, 0) is 9.59 Å². The van der Waals surface area contributed by atoms with E-state index in [1.54, 1.807) is 0 Å². The molecule has 8 nitrogen and oxygen atoms in total. The number of allylic oxidation sites excluding steroid dienone is 3. The Morgan fingerprint density at radius 2 is 1.86 bits per heavy atom. The maximum absolute atomic E-state index is 13.0. The van der Waals surface area contributed by atoms with Gasteiger partial charge in [0.1, 0.15) is 22.8 Å². The van der Waals surface area contributed by atoms with Gasteiger partial charge in [-0.15, -0.1) is 0 Å². The number of rotatable bonds is 1. The summed E-state index contributed by atoms with van der Waals surface area (Å²) >= 11 is 6.12. The molecule has 0 heterocycles. The van der Waals surface area contributed by atoms with E-state index in [0.29, 0.717) is 5.57 Å². The number of hydrogen-bond acceptors (Lipinski definition) is 7. The summed E-state index contributed by atoms with van der Waals surface area (Å²) in [5, 5.41) is 42.1. The van der Waals surface area contributed by atoms with E-state index in [2.05, 4.69) is 0 Å². The average Bonchev–Trinajstić information content (AvgIpc) is 2.61. The Bertz CT molecular complexity index is 1100. The van der Waals surface area contributed by atoms with E-state index >= 15 is 0 Å². The molecule has 9 heteroatoms. The van der Waals surface area contributed by atoms with E-state index in [-0.39, 0.29) is 40.3 Å². The van der Waals surface area contributed by atoms with E-state index < -0.39 is 46.1 Å². The smallest absolute Gasteiger partial charge is 0.255 e. The number of aromatic hydroxyl groups is 1. The number of benzene rings is 1. The number of nitrogens with two attached hydrogens (primary N) is 1. The molecule has 3 aliphatic carbocycles. The second-order valence-corrected chi connectivity index (χ2v) is 7.37. The van der Waals surface area contributed by atoms with Gasteiger partial charge in [-0.25, -0.2) is 0 Å². The molecule has 0 fully saturated rings. The van der Waals surface area contributed by atoms with Crippen LogP contribution in [0.3, 0.4) is 0 Å². The molecule has 0 radical (unpaired) electrons. The van der Waals surface area contributed by atoms with Crippen molar-refractivity contribution in [1.82, 2.24) is 0 Å². The van der Waals surface area contributed by atoms with Crippen LogP contribution in [0.2, 0.25) is 5.02 Å². The zero-order valence-electron chi connectivity index (χ0n) is 14.2.